The number of benzene rings is 2. The molecule has 172 valence electrons. The standard InChI is InChI=1S/C27H31N3O3/c1-32-24-9-6-21(16-25(24)33-2)18-30-15-3-12-27(19-30,26(28)31)17-20-4-7-22(8-5-20)23-10-13-29-14-11-23/h4-11,13-14,16H,3,12,15,17-19H2,1-2H3,(H2,28,31). The van der Waals surface area contributed by atoms with Crippen molar-refractivity contribution in [1.29, 1.82) is 0 Å². The molecule has 3 aromatic rings. The number of likely N-dealkylation sites (tertiary alicyclic amines) is 1. The van der Waals surface area contributed by atoms with Crippen molar-refractivity contribution in [3.63, 3.8) is 0 Å². The molecular formula is C27H31N3O3. The van der Waals surface area contributed by atoms with Crippen molar-refractivity contribution in [2.75, 3.05) is 27.3 Å². The van der Waals surface area contributed by atoms with Crippen LogP contribution in [0.25, 0.3) is 11.1 Å². The molecule has 1 unspecified atom stereocenters. The molecule has 0 saturated carbocycles. The highest BCUT2D eigenvalue weighted by atomic mass is 16.5. The molecule has 6 heteroatoms. The van der Waals surface area contributed by atoms with Gasteiger partial charge in [-0.05, 0) is 72.3 Å². The van der Waals surface area contributed by atoms with Crippen molar-refractivity contribution < 1.29 is 14.3 Å². The topological polar surface area (TPSA) is 77.7 Å². The Morgan fingerprint density at radius 2 is 1.64 bits per heavy atom. The Bertz CT molecular complexity index is 1090. The molecule has 33 heavy (non-hydrogen) atoms. The highest BCUT2D eigenvalue weighted by Gasteiger charge is 2.40. The molecule has 4 rings (SSSR count). The molecule has 1 aliphatic heterocycles. The van der Waals surface area contributed by atoms with E-state index in [1.807, 2.05) is 30.3 Å². The number of carbonyl (C=O) groups excluding carboxylic acids is 1. The van der Waals surface area contributed by atoms with Crippen LogP contribution in [0.5, 0.6) is 11.5 Å². The van der Waals surface area contributed by atoms with E-state index in [1.165, 1.54) is 0 Å². The third-order valence-electron chi connectivity index (χ3n) is 6.54. The molecule has 0 aliphatic carbocycles. The number of hydrogen-bond acceptors (Lipinski definition) is 5. The van der Waals surface area contributed by atoms with Gasteiger partial charge in [-0.3, -0.25) is 14.7 Å². The Morgan fingerprint density at radius 1 is 0.970 bits per heavy atom. The average Bonchev–Trinajstić information content (AvgIpc) is 2.85. The molecule has 1 atom stereocenters. The fourth-order valence-corrected chi connectivity index (χ4v) is 4.78. The second kappa shape index (κ2) is 10.0. The first-order valence-corrected chi connectivity index (χ1v) is 11.3. The van der Waals surface area contributed by atoms with Gasteiger partial charge in [0.1, 0.15) is 0 Å². The number of primary amides is 1. The van der Waals surface area contributed by atoms with Crippen LogP contribution in [0.15, 0.2) is 67.0 Å². The predicted octanol–water partition coefficient (Wildman–Crippen LogP) is 4.08. The van der Waals surface area contributed by atoms with Crippen LogP contribution in [-0.2, 0) is 17.8 Å². The predicted molar refractivity (Wildman–Crippen MR) is 129 cm³/mol. The molecule has 2 N–H and O–H groups in total. The van der Waals surface area contributed by atoms with Crippen LogP contribution in [-0.4, -0.2) is 43.1 Å². The van der Waals surface area contributed by atoms with Crippen LogP contribution in [0.2, 0.25) is 0 Å². The molecule has 2 heterocycles. The minimum Gasteiger partial charge on any atom is -0.493 e. The van der Waals surface area contributed by atoms with Crippen LogP contribution in [0.1, 0.15) is 24.0 Å². The van der Waals surface area contributed by atoms with Crippen molar-refractivity contribution >= 4 is 5.91 Å². The summed E-state index contributed by atoms with van der Waals surface area (Å²) >= 11 is 0. The number of piperidine rings is 1. The number of nitrogens with two attached hydrogens (primary N) is 1. The summed E-state index contributed by atoms with van der Waals surface area (Å²) in [7, 11) is 3.27. The lowest BCUT2D eigenvalue weighted by molar-refractivity contribution is -0.131. The second-order valence-corrected chi connectivity index (χ2v) is 8.76. The zero-order valence-electron chi connectivity index (χ0n) is 19.3. The van der Waals surface area contributed by atoms with Crippen molar-refractivity contribution in [3.05, 3.63) is 78.1 Å². The molecule has 1 aliphatic rings. The zero-order valence-corrected chi connectivity index (χ0v) is 19.3. The third kappa shape index (κ3) is 5.17. The Morgan fingerprint density at radius 3 is 2.30 bits per heavy atom. The summed E-state index contributed by atoms with van der Waals surface area (Å²) < 4.78 is 10.8. The van der Waals surface area contributed by atoms with Gasteiger partial charge in [-0.25, -0.2) is 0 Å². The number of amides is 1. The van der Waals surface area contributed by atoms with Gasteiger partial charge in [0.2, 0.25) is 5.91 Å². The fraction of sp³-hybridized carbons (Fsp3) is 0.333. The summed E-state index contributed by atoms with van der Waals surface area (Å²) in [6.45, 7) is 2.31. The number of rotatable bonds is 8. The Hall–Kier alpha value is -3.38. The summed E-state index contributed by atoms with van der Waals surface area (Å²) in [6.07, 6.45) is 5.96. The first-order valence-electron chi connectivity index (χ1n) is 11.3. The first-order chi connectivity index (χ1) is 16.0. The summed E-state index contributed by atoms with van der Waals surface area (Å²) in [5.41, 5.74) is 9.93. The quantitative estimate of drug-likeness (QED) is 0.565. The molecule has 6 nitrogen and oxygen atoms in total. The molecule has 1 aromatic heterocycles. The number of carbonyl (C=O) groups is 1. The maximum Gasteiger partial charge on any atom is 0.225 e. The van der Waals surface area contributed by atoms with Crippen LogP contribution < -0.4 is 15.2 Å². The van der Waals surface area contributed by atoms with E-state index in [0.717, 1.165) is 48.2 Å². The van der Waals surface area contributed by atoms with E-state index < -0.39 is 5.41 Å². The minimum atomic E-state index is -0.576. The number of methoxy groups -OCH3 is 2. The minimum absolute atomic E-state index is 0.224. The van der Waals surface area contributed by atoms with Gasteiger partial charge in [0.15, 0.2) is 11.5 Å². The number of hydrogen-bond donors (Lipinski definition) is 1. The van der Waals surface area contributed by atoms with Gasteiger partial charge in [0, 0.05) is 25.5 Å². The van der Waals surface area contributed by atoms with Crippen LogP contribution in [0.4, 0.5) is 0 Å². The maximum absolute atomic E-state index is 12.7. The van der Waals surface area contributed by atoms with E-state index in [0.29, 0.717) is 24.5 Å². The first kappa shape index (κ1) is 22.8. The van der Waals surface area contributed by atoms with Crippen molar-refractivity contribution in [2.45, 2.75) is 25.8 Å². The number of aromatic nitrogens is 1. The zero-order chi connectivity index (χ0) is 23.3. The molecule has 0 radical (unpaired) electrons. The van der Waals surface area contributed by atoms with Gasteiger partial charge >= 0.3 is 0 Å². The SMILES string of the molecule is COc1ccc(CN2CCCC(Cc3ccc(-c4ccncc4)cc3)(C(N)=O)C2)cc1OC. The van der Waals surface area contributed by atoms with Gasteiger partial charge in [-0.1, -0.05) is 30.3 Å². The lowest BCUT2D eigenvalue weighted by Crippen LogP contribution is -2.51. The molecule has 1 amide bonds. The van der Waals surface area contributed by atoms with E-state index in [-0.39, 0.29) is 5.91 Å². The van der Waals surface area contributed by atoms with E-state index in [1.54, 1.807) is 26.6 Å². The second-order valence-electron chi connectivity index (χ2n) is 8.76. The van der Waals surface area contributed by atoms with E-state index in [9.17, 15) is 4.79 Å². The number of ether oxygens (including phenoxy) is 2. The van der Waals surface area contributed by atoms with Crippen molar-refractivity contribution in [1.82, 2.24) is 9.88 Å². The largest absolute Gasteiger partial charge is 0.493 e. The lowest BCUT2D eigenvalue weighted by atomic mass is 9.74. The van der Waals surface area contributed by atoms with Gasteiger partial charge in [-0.2, -0.15) is 0 Å². The summed E-state index contributed by atoms with van der Waals surface area (Å²) in [5.74, 6) is 1.20. The number of nitrogens with zero attached hydrogens (tertiary/aromatic N) is 2. The molecule has 0 bridgehead atoms. The highest BCUT2D eigenvalue weighted by Crippen LogP contribution is 2.35. The molecule has 1 saturated heterocycles. The number of pyridine rings is 1. The van der Waals surface area contributed by atoms with Crippen LogP contribution in [0, 0.1) is 5.41 Å². The highest BCUT2D eigenvalue weighted by molar-refractivity contribution is 5.81. The van der Waals surface area contributed by atoms with E-state index in [4.69, 9.17) is 15.2 Å². The van der Waals surface area contributed by atoms with Crippen LogP contribution >= 0.6 is 0 Å². The van der Waals surface area contributed by atoms with E-state index >= 15 is 0 Å². The monoisotopic (exact) mass is 445 g/mol. The molecule has 1 fully saturated rings. The Labute approximate surface area is 195 Å². The fourth-order valence-electron chi connectivity index (χ4n) is 4.78. The molecule has 0 spiro atoms. The lowest BCUT2D eigenvalue weighted by Gasteiger charge is -2.41. The van der Waals surface area contributed by atoms with Crippen molar-refractivity contribution in [2.24, 2.45) is 11.1 Å². The van der Waals surface area contributed by atoms with Crippen molar-refractivity contribution in [3.8, 4) is 22.6 Å². The van der Waals surface area contributed by atoms with E-state index in [2.05, 4.69) is 34.1 Å². The summed E-state index contributed by atoms with van der Waals surface area (Å²) in [5, 5.41) is 0. The normalized spacial score (nSPS) is 18.6. The average molecular weight is 446 g/mol. The van der Waals surface area contributed by atoms with Gasteiger partial charge in [0.05, 0.1) is 19.6 Å². The molecular weight excluding hydrogens is 414 g/mol. The third-order valence-corrected chi connectivity index (χ3v) is 6.54. The summed E-state index contributed by atoms with van der Waals surface area (Å²) in [4.78, 5) is 19.1. The Balaban J connectivity index is 1.49. The smallest absolute Gasteiger partial charge is 0.225 e. The maximum atomic E-state index is 12.7. The summed E-state index contributed by atoms with van der Waals surface area (Å²) in [6, 6.07) is 18.4. The van der Waals surface area contributed by atoms with Gasteiger partial charge in [-0.15, -0.1) is 0 Å². The molecule has 2 aromatic carbocycles. The van der Waals surface area contributed by atoms with Crippen LogP contribution in [0.3, 0.4) is 0 Å². The van der Waals surface area contributed by atoms with Gasteiger partial charge < -0.3 is 15.2 Å². The van der Waals surface area contributed by atoms with Gasteiger partial charge in [0.25, 0.3) is 0 Å². The Kier molecular flexibility index (Phi) is 6.94.